The molecule has 1 unspecified atom stereocenters. The van der Waals surface area contributed by atoms with Gasteiger partial charge >= 0.3 is 0 Å². The van der Waals surface area contributed by atoms with Crippen molar-refractivity contribution < 1.29 is 9.47 Å². The Labute approximate surface area is 115 Å². The normalized spacial score (nSPS) is 12.9. The van der Waals surface area contributed by atoms with Gasteiger partial charge < -0.3 is 24.3 Å². The van der Waals surface area contributed by atoms with E-state index >= 15 is 0 Å². The summed E-state index contributed by atoms with van der Waals surface area (Å²) in [5.74, 6) is 0.859. The summed E-state index contributed by atoms with van der Waals surface area (Å²) in [4.78, 5) is 6.53. The molecule has 1 aromatic heterocycles. The Morgan fingerprint density at radius 3 is 2.89 bits per heavy atom. The van der Waals surface area contributed by atoms with Crippen LogP contribution in [0.2, 0.25) is 0 Å². The molecular weight excluding hydrogens is 244 g/mol. The van der Waals surface area contributed by atoms with Crippen molar-refractivity contribution in [3.8, 4) is 0 Å². The fourth-order valence-electron chi connectivity index (χ4n) is 1.75. The highest BCUT2D eigenvalue weighted by Crippen LogP contribution is 2.05. The minimum atomic E-state index is 0.150. The predicted molar refractivity (Wildman–Crippen MR) is 76.6 cm³/mol. The fraction of sp³-hybridized carbons (Fsp3) is 0.769. The summed E-state index contributed by atoms with van der Waals surface area (Å²) < 4.78 is 12.6. The van der Waals surface area contributed by atoms with Crippen LogP contribution in [0.4, 0.5) is 5.95 Å². The van der Waals surface area contributed by atoms with Crippen LogP contribution in [0, 0.1) is 0 Å². The Morgan fingerprint density at radius 2 is 2.26 bits per heavy atom. The second-order valence-electron chi connectivity index (χ2n) is 4.53. The van der Waals surface area contributed by atoms with Crippen LogP contribution in [-0.4, -0.2) is 68.1 Å². The quantitative estimate of drug-likeness (QED) is 0.685. The third kappa shape index (κ3) is 5.59. The lowest BCUT2D eigenvalue weighted by molar-refractivity contribution is 0.0825. The first kappa shape index (κ1) is 15.9. The zero-order valence-corrected chi connectivity index (χ0v) is 12.4. The van der Waals surface area contributed by atoms with Crippen LogP contribution in [0.1, 0.15) is 6.92 Å². The molecule has 0 radical (unpaired) electrons. The maximum absolute atomic E-state index is 5.48. The van der Waals surface area contributed by atoms with Crippen molar-refractivity contribution >= 4 is 5.95 Å². The topological polar surface area (TPSA) is 51.6 Å². The second kappa shape index (κ2) is 8.90. The summed E-state index contributed by atoms with van der Waals surface area (Å²) in [5.41, 5.74) is 0. The molecule has 1 rings (SSSR count). The minimum Gasteiger partial charge on any atom is -0.383 e. The van der Waals surface area contributed by atoms with Crippen molar-refractivity contribution in [1.29, 1.82) is 0 Å². The van der Waals surface area contributed by atoms with E-state index in [1.54, 1.807) is 20.4 Å². The van der Waals surface area contributed by atoms with Crippen molar-refractivity contribution in [2.24, 2.45) is 0 Å². The molecule has 6 nitrogen and oxygen atoms in total. The molecule has 1 N–H and O–H groups in total. The Balaban J connectivity index is 2.43. The van der Waals surface area contributed by atoms with Gasteiger partial charge in [-0.15, -0.1) is 0 Å². The molecular formula is C13H26N4O2. The molecule has 0 fully saturated rings. The number of likely N-dealkylation sites (N-methyl/N-ethyl adjacent to an activating group) is 1. The third-order valence-corrected chi connectivity index (χ3v) is 3.13. The van der Waals surface area contributed by atoms with E-state index in [1.165, 1.54) is 0 Å². The number of aromatic nitrogens is 2. The maximum atomic E-state index is 5.48. The van der Waals surface area contributed by atoms with Gasteiger partial charge in [0.05, 0.1) is 12.7 Å². The average molecular weight is 270 g/mol. The molecule has 1 atom stereocenters. The van der Waals surface area contributed by atoms with Gasteiger partial charge in [-0.1, -0.05) is 6.92 Å². The molecule has 1 heterocycles. The van der Waals surface area contributed by atoms with Gasteiger partial charge in [-0.2, -0.15) is 0 Å². The predicted octanol–water partition coefficient (Wildman–Crippen LogP) is 0.908. The van der Waals surface area contributed by atoms with Crippen LogP contribution < -0.4 is 5.32 Å². The van der Waals surface area contributed by atoms with E-state index < -0.39 is 0 Å². The van der Waals surface area contributed by atoms with Crippen molar-refractivity contribution in [3.05, 3.63) is 12.4 Å². The first-order valence-electron chi connectivity index (χ1n) is 6.66. The van der Waals surface area contributed by atoms with Crippen LogP contribution >= 0.6 is 0 Å². The molecule has 1 aromatic rings. The van der Waals surface area contributed by atoms with E-state index in [0.29, 0.717) is 6.61 Å². The van der Waals surface area contributed by atoms with Crippen LogP contribution in [0.15, 0.2) is 12.4 Å². The summed E-state index contributed by atoms with van der Waals surface area (Å²) in [6, 6.07) is 0. The molecule has 6 heteroatoms. The summed E-state index contributed by atoms with van der Waals surface area (Å²) in [7, 11) is 5.53. The molecule has 0 spiro atoms. The number of nitrogens with zero attached hydrogens (tertiary/aromatic N) is 3. The molecule has 19 heavy (non-hydrogen) atoms. The van der Waals surface area contributed by atoms with Gasteiger partial charge in [0, 0.05) is 46.2 Å². The first-order chi connectivity index (χ1) is 9.21. The summed E-state index contributed by atoms with van der Waals surface area (Å²) in [6.45, 7) is 6.27. The third-order valence-electron chi connectivity index (χ3n) is 3.13. The highest BCUT2D eigenvalue weighted by molar-refractivity contribution is 5.25. The largest absolute Gasteiger partial charge is 0.383 e. The Bertz CT molecular complexity index is 343. The van der Waals surface area contributed by atoms with E-state index in [-0.39, 0.29) is 6.10 Å². The Hall–Kier alpha value is -1.11. The van der Waals surface area contributed by atoms with Gasteiger partial charge in [0.2, 0.25) is 5.95 Å². The van der Waals surface area contributed by atoms with Gasteiger partial charge in [0.15, 0.2) is 0 Å². The Kier molecular flexibility index (Phi) is 7.47. The molecule has 0 saturated carbocycles. The smallest absolute Gasteiger partial charge is 0.202 e. The monoisotopic (exact) mass is 270 g/mol. The van der Waals surface area contributed by atoms with Crippen LogP contribution in [0.3, 0.4) is 0 Å². The van der Waals surface area contributed by atoms with Crippen LogP contribution in [-0.2, 0) is 16.0 Å². The Morgan fingerprint density at radius 1 is 1.47 bits per heavy atom. The zero-order valence-electron chi connectivity index (χ0n) is 12.4. The van der Waals surface area contributed by atoms with E-state index in [1.807, 2.05) is 10.8 Å². The lowest BCUT2D eigenvalue weighted by Gasteiger charge is -2.22. The van der Waals surface area contributed by atoms with Gasteiger partial charge in [-0.3, -0.25) is 0 Å². The number of ether oxygens (including phenoxy) is 2. The number of anilines is 1. The number of imidazole rings is 1. The number of rotatable bonds is 10. The molecule has 0 aliphatic heterocycles. The molecule has 110 valence electrons. The lowest BCUT2D eigenvalue weighted by atomic mass is 10.3. The summed E-state index contributed by atoms with van der Waals surface area (Å²) >= 11 is 0. The van der Waals surface area contributed by atoms with Gasteiger partial charge in [0.1, 0.15) is 0 Å². The van der Waals surface area contributed by atoms with E-state index in [4.69, 9.17) is 9.47 Å². The highest BCUT2D eigenvalue weighted by atomic mass is 16.5. The number of hydrogen-bond acceptors (Lipinski definition) is 5. The van der Waals surface area contributed by atoms with Crippen molar-refractivity contribution in [2.75, 3.05) is 52.8 Å². The minimum absolute atomic E-state index is 0.150. The molecule has 0 bridgehead atoms. The van der Waals surface area contributed by atoms with Gasteiger partial charge in [-0.05, 0) is 13.6 Å². The summed E-state index contributed by atoms with van der Waals surface area (Å²) in [5, 5.41) is 3.33. The number of hydrogen-bond donors (Lipinski definition) is 1. The molecule has 0 saturated heterocycles. The number of nitrogens with one attached hydrogen (secondary N) is 1. The van der Waals surface area contributed by atoms with E-state index in [0.717, 1.165) is 32.1 Å². The average Bonchev–Trinajstić information content (AvgIpc) is 2.88. The molecule has 0 aromatic carbocycles. The molecule has 0 aliphatic rings. The van der Waals surface area contributed by atoms with Crippen LogP contribution in [0.25, 0.3) is 0 Å². The van der Waals surface area contributed by atoms with Crippen molar-refractivity contribution in [2.45, 2.75) is 19.6 Å². The maximum Gasteiger partial charge on any atom is 0.202 e. The van der Waals surface area contributed by atoms with E-state index in [2.05, 4.69) is 29.2 Å². The molecule has 0 aliphatic carbocycles. The van der Waals surface area contributed by atoms with Gasteiger partial charge in [0.25, 0.3) is 0 Å². The lowest BCUT2D eigenvalue weighted by Crippen LogP contribution is -2.35. The number of methoxy groups -OCH3 is 2. The van der Waals surface area contributed by atoms with Crippen molar-refractivity contribution in [3.63, 3.8) is 0 Å². The van der Waals surface area contributed by atoms with Crippen LogP contribution in [0.5, 0.6) is 0 Å². The SMILES string of the molecule is CCN(C)CC(CNc1nccn1CCOC)OC. The zero-order chi connectivity index (χ0) is 14.1. The van der Waals surface area contributed by atoms with Crippen molar-refractivity contribution in [1.82, 2.24) is 14.5 Å². The van der Waals surface area contributed by atoms with E-state index in [9.17, 15) is 0 Å². The van der Waals surface area contributed by atoms with Gasteiger partial charge in [-0.25, -0.2) is 4.98 Å². The first-order valence-corrected chi connectivity index (χ1v) is 6.66. The standard InChI is InChI=1S/C13H26N4O2/c1-5-16(2)11-12(19-4)10-15-13-14-6-7-17(13)8-9-18-3/h6-7,12H,5,8-11H2,1-4H3,(H,14,15). The second-order valence-corrected chi connectivity index (χ2v) is 4.53. The molecule has 0 amide bonds. The summed E-state index contributed by atoms with van der Waals surface area (Å²) in [6.07, 6.45) is 3.89. The highest BCUT2D eigenvalue weighted by Gasteiger charge is 2.11. The fourth-order valence-corrected chi connectivity index (χ4v) is 1.75.